The molecule has 1 aromatic carbocycles. The number of likely N-dealkylation sites (N-methyl/N-ethyl adjacent to an activating group) is 1. The lowest BCUT2D eigenvalue weighted by molar-refractivity contribution is 0.582. The third-order valence-corrected chi connectivity index (χ3v) is 4.09. The lowest BCUT2D eigenvalue weighted by Crippen LogP contribution is -2.20. The van der Waals surface area contributed by atoms with E-state index in [1.165, 1.54) is 11.1 Å². The van der Waals surface area contributed by atoms with Gasteiger partial charge >= 0.3 is 0 Å². The van der Waals surface area contributed by atoms with Crippen molar-refractivity contribution in [1.82, 2.24) is 10.3 Å². The van der Waals surface area contributed by atoms with Gasteiger partial charge in [0.1, 0.15) is 0 Å². The molecular formula is C14H17ClN2S. The summed E-state index contributed by atoms with van der Waals surface area (Å²) in [6.45, 7) is 4.13. The van der Waals surface area contributed by atoms with Gasteiger partial charge in [-0.15, -0.1) is 11.3 Å². The fourth-order valence-electron chi connectivity index (χ4n) is 2.11. The minimum absolute atomic E-state index is 0.281. The molecule has 0 spiro atoms. The molecule has 0 amide bonds. The van der Waals surface area contributed by atoms with E-state index in [4.69, 9.17) is 11.6 Å². The van der Waals surface area contributed by atoms with Crippen molar-refractivity contribution in [2.45, 2.75) is 26.3 Å². The van der Waals surface area contributed by atoms with Crippen molar-refractivity contribution in [3.8, 4) is 0 Å². The Bertz CT molecular complexity index is 536. The first-order valence-electron chi connectivity index (χ1n) is 5.94. The van der Waals surface area contributed by atoms with Gasteiger partial charge in [0.05, 0.1) is 10.7 Å². The summed E-state index contributed by atoms with van der Waals surface area (Å²) in [6.07, 6.45) is 0.906. The zero-order valence-corrected chi connectivity index (χ0v) is 12.4. The Balaban J connectivity index is 2.22. The molecule has 18 heavy (non-hydrogen) atoms. The predicted octanol–water partition coefficient (Wildman–Crippen LogP) is 3.92. The Morgan fingerprint density at radius 2 is 2.17 bits per heavy atom. The summed E-state index contributed by atoms with van der Waals surface area (Å²) in [6, 6.07) is 6.33. The van der Waals surface area contributed by atoms with E-state index < -0.39 is 0 Å². The first-order chi connectivity index (χ1) is 8.60. The smallest absolute Gasteiger partial charge is 0.0897 e. The summed E-state index contributed by atoms with van der Waals surface area (Å²) < 4.78 is 0. The molecule has 0 bridgehead atoms. The van der Waals surface area contributed by atoms with E-state index >= 15 is 0 Å². The van der Waals surface area contributed by atoms with Gasteiger partial charge in [-0.3, -0.25) is 0 Å². The van der Waals surface area contributed by atoms with E-state index in [9.17, 15) is 0 Å². The van der Waals surface area contributed by atoms with Crippen molar-refractivity contribution >= 4 is 22.9 Å². The quantitative estimate of drug-likeness (QED) is 0.918. The van der Waals surface area contributed by atoms with Gasteiger partial charge in [0.15, 0.2) is 0 Å². The van der Waals surface area contributed by atoms with Crippen molar-refractivity contribution in [2.24, 2.45) is 0 Å². The Kier molecular flexibility index (Phi) is 4.38. The minimum Gasteiger partial charge on any atom is -0.313 e. The Morgan fingerprint density at radius 1 is 1.39 bits per heavy atom. The van der Waals surface area contributed by atoms with E-state index in [1.54, 1.807) is 11.3 Å². The largest absolute Gasteiger partial charge is 0.313 e. The van der Waals surface area contributed by atoms with Crippen LogP contribution in [0.3, 0.4) is 0 Å². The van der Waals surface area contributed by atoms with Gasteiger partial charge < -0.3 is 5.32 Å². The molecule has 0 fully saturated rings. The van der Waals surface area contributed by atoms with Crippen LogP contribution >= 0.6 is 22.9 Å². The number of halogens is 1. The van der Waals surface area contributed by atoms with Gasteiger partial charge in [0.2, 0.25) is 0 Å². The fourth-order valence-corrected chi connectivity index (χ4v) is 2.96. The van der Waals surface area contributed by atoms with Crippen molar-refractivity contribution < 1.29 is 0 Å². The number of hydrogen-bond acceptors (Lipinski definition) is 3. The minimum atomic E-state index is 0.281. The molecular weight excluding hydrogens is 264 g/mol. The van der Waals surface area contributed by atoms with E-state index in [-0.39, 0.29) is 6.04 Å². The van der Waals surface area contributed by atoms with Crippen LogP contribution in [-0.4, -0.2) is 12.0 Å². The topological polar surface area (TPSA) is 24.9 Å². The average molecular weight is 281 g/mol. The van der Waals surface area contributed by atoms with Crippen LogP contribution in [0.1, 0.15) is 27.9 Å². The summed E-state index contributed by atoms with van der Waals surface area (Å²) >= 11 is 7.70. The maximum atomic E-state index is 6.00. The molecule has 1 unspecified atom stereocenters. The lowest BCUT2D eigenvalue weighted by Gasteiger charge is -2.18. The van der Waals surface area contributed by atoms with Crippen LogP contribution in [-0.2, 0) is 6.42 Å². The van der Waals surface area contributed by atoms with E-state index in [0.29, 0.717) is 0 Å². The summed E-state index contributed by atoms with van der Waals surface area (Å²) in [5, 5.41) is 7.39. The number of benzene rings is 1. The Hall–Kier alpha value is -0.900. The van der Waals surface area contributed by atoms with Crippen LogP contribution in [0.25, 0.3) is 0 Å². The van der Waals surface area contributed by atoms with Crippen LogP contribution in [0, 0.1) is 13.8 Å². The summed E-state index contributed by atoms with van der Waals surface area (Å²) in [4.78, 5) is 4.52. The molecule has 4 heteroatoms. The third-order valence-electron chi connectivity index (χ3n) is 3.04. The number of aryl methyl sites for hydroxylation is 2. The molecule has 1 atom stereocenters. The highest BCUT2D eigenvalue weighted by atomic mass is 35.5. The molecule has 2 rings (SSSR count). The van der Waals surface area contributed by atoms with Crippen molar-refractivity contribution in [3.63, 3.8) is 0 Å². The monoisotopic (exact) mass is 280 g/mol. The number of nitrogens with one attached hydrogen (secondary N) is 1. The van der Waals surface area contributed by atoms with E-state index in [2.05, 4.69) is 28.7 Å². The second-order valence-corrected chi connectivity index (χ2v) is 5.90. The molecule has 0 saturated carbocycles. The van der Waals surface area contributed by atoms with Gasteiger partial charge in [0.25, 0.3) is 0 Å². The molecule has 0 radical (unpaired) electrons. The van der Waals surface area contributed by atoms with Gasteiger partial charge in [-0.25, -0.2) is 4.98 Å². The molecule has 2 nitrogen and oxygen atoms in total. The van der Waals surface area contributed by atoms with Crippen LogP contribution in [0.5, 0.6) is 0 Å². The number of thiazole rings is 1. The van der Waals surface area contributed by atoms with Gasteiger partial charge in [-0.05, 0) is 44.2 Å². The average Bonchev–Trinajstić information content (AvgIpc) is 2.72. The molecule has 96 valence electrons. The molecule has 1 N–H and O–H groups in total. The predicted molar refractivity (Wildman–Crippen MR) is 78.5 cm³/mol. The van der Waals surface area contributed by atoms with Gasteiger partial charge in [0, 0.05) is 22.9 Å². The van der Waals surface area contributed by atoms with Crippen LogP contribution in [0.4, 0.5) is 0 Å². The Labute approximate surface area is 117 Å². The van der Waals surface area contributed by atoms with Crippen LogP contribution in [0.2, 0.25) is 5.02 Å². The lowest BCUT2D eigenvalue weighted by atomic mass is 9.98. The molecule has 0 aliphatic carbocycles. The summed E-state index contributed by atoms with van der Waals surface area (Å²) in [7, 11) is 1.98. The summed E-state index contributed by atoms with van der Waals surface area (Å²) in [5.41, 5.74) is 3.65. The van der Waals surface area contributed by atoms with Gasteiger partial charge in [-0.1, -0.05) is 17.7 Å². The fraction of sp³-hybridized carbons (Fsp3) is 0.357. The standard InChI is InChI=1S/C14H17ClN2S/c1-9-6-11(15)4-5-13(9)14(16-3)7-12-8-18-10(2)17-12/h4-6,8,14,16H,7H2,1-3H3. The van der Waals surface area contributed by atoms with Crippen molar-refractivity contribution in [1.29, 1.82) is 0 Å². The normalized spacial score (nSPS) is 12.7. The zero-order valence-electron chi connectivity index (χ0n) is 10.8. The second kappa shape index (κ2) is 5.83. The SMILES string of the molecule is CNC(Cc1csc(C)n1)c1ccc(Cl)cc1C. The highest BCUT2D eigenvalue weighted by Gasteiger charge is 2.14. The van der Waals surface area contributed by atoms with E-state index in [1.807, 2.05) is 26.1 Å². The number of rotatable bonds is 4. The number of nitrogens with zero attached hydrogens (tertiary/aromatic N) is 1. The second-order valence-electron chi connectivity index (χ2n) is 4.40. The third kappa shape index (κ3) is 3.10. The zero-order chi connectivity index (χ0) is 13.1. The Morgan fingerprint density at radius 3 is 2.72 bits per heavy atom. The number of hydrogen-bond donors (Lipinski definition) is 1. The summed E-state index contributed by atoms with van der Waals surface area (Å²) in [5.74, 6) is 0. The molecule has 2 aromatic rings. The molecule has 1 aromatic heterocycles. The van der Waals surface area contributed by atoms with Gasteiger partial charge in [-0.2, -0.15) is 0 Å². The first-order valence-corrected chi connectivity index (χ1v) is 7.20. The molecule has 0 saturated heterocycles. The first kappa shape index (κ1) is 13.5. The van der Waals surface area contributed by atoms with Crippen molar-refractivity contribution in [3.05, 3.63) is 50.4 Å². The van der Waals surface area contributed by atoms with Crippen LogP contribution < -0.4 is 5.32 Å². The molecule has 0 aliphatic heterocycles. The number of aromatic nitrogens is 1. The molecule has 1 heterocycles. The van der Waals surface area contributed by atoms with Crippen molar-refractivity contribution in [2.75, 3.05) is 7.05 Å². The highest BCUT2D eigenvalue weighted by Crippen LogP contribution is 2.24. The molecule has 0 aliphatic rings. The maximum absolute atomic E-state index is 6.00. The maximum Gasteiger partial charge on any atom is 0.0897 e. The van der Waals surface area contributed by atoms with Crippen LogP contribution in [0.15, 0.2) is 23.6 Å². The van der Waals surface area contributed by atoms with E-state index in [0.717, 1.165) is 22.1 Å². The highest BCUT2D eigenvalue weighted by molar-refractivity contribution is 7.09.